The molecule has 2 N–H and O–H groups in total. The Morgan fingerprint density at radius 3 is 1.83 bits per heavy atom. The van der Waals surface area contributed by atoms with E-state index in [0.29, 0.717) is 23.0 Å². The fourth-order valence-electron chi connectivity index (χ4n) is 6.07. The van der Waals surface area contributed by atoms with Crippen LogP contribution in [0.25, 0.3) is 0 Å². The number of H-pyrrole nitrogens is 1. The molecule has 9 nitrogen and oxygen atoms in total. The number of hydrogen-bond acceptors (Lipinski definition) is 10. The molecule has 6 aromatic rings. The minimum absolute atomic E-state index is 0.0521. The molecule has 0 radical (unpaired) electrons. The van der Waals surface area contributed by atoms with E-state index in [1.54, 1.807) is 44.2 Å². The number of hydrogen-bond donors (Lipinski definition) is 2. The van der Waals surface area contributed by atoms with Crippen molar-refractivity contribution >= 4 is 80.4 Å². The summed E-state index contributed by atoms with van der Waals surface area (Å²) in [6, 6.07) is 15.8. The fraction of sp³-hybridized carbons (Fsp3) is 0.368. The van der Waals surface area contributed by atoms with Gasteiger partial charge in [0.2, 0.25) is 0 Å². The van der Waals surface area contributed by atoms with Gasteiger partial charge in [0.1, 0.15) is 0 Å². The summed E-state index contributed by atoms with van der Waals surface area (Å²) in [7, 11) is 0. The van der Waals surface area contributed by atoms with Gasteiger partial charge in [0, 0.05) is 70.2 Å². The monoisotopic (exact) mass is 830 g/mol. The van der Waals surface area contributed by atoms with Gasteiger partial charge < -0.3 is 14.6 Å². The molecule has 53 heavy (non-hydrogen) atoms. The maximum atomic E-state index is 12.9. The second-order valence-electron chi connectivity index (χ2n) is 12.6. The van der Waals surface area contributed by atoms with Crippen LogP contribution >= 0.6 is 68.5 Å². The third-order valence-corrected chi connectivity index (χ3v) is 12.9. The number of aromatic carboxylic acids is 1. The molecule has 280 valence electrons. The van der Waals surface area contributed by atoms with Crippen LogP contribution in [0.1, 0.15) is 90.8 Å². The first-order valence-corrected chi connectivity index (χ1v) is 21.7. The van der Waals surface area contributed by atoms with E-state index in [1.165, 1.54) is 43.8 Å². The van der Waals surface area contributed by atoms with Crippen molar-refractivity contribution in [2.24, 2.45) is 0 Å². The minimum Gasteiger partial charge on any atom is -0.478 e. The molecule has 2 aliphatic heterocycles. The molecular weight excluding hydrogens is 792 g/mol. The summed E-state index contributed by atoms with van der Waals surface area (Å²) in [5.41, 5.74) is 5.45. The number of carbonyl (C=O) groups is 2. The van der Waals surface area contributed by atoms with Crippen LogP contribution in [0.4, 0.5) is 0 Å². The predicted molar refractivity (Wildman–Crippen MR) is 215 cm³/mol. The lowest BCUT2D eigenvalue weighted by molar-refractivity contribution is 0.0697. The lowest BCUT2D eigenvalue weighted by Crippen LogP contribution is -2.18. The zero-order valence-corrected chi connectivity index (χ0v) is 33.7. The highest BCUT2D eigenvalue weighted by Crippen LogP contribution is 2.29. The van der Waals surface area contributed by atoms with Crippen LogP contribution in [0.2, 0.25) is 8.67 Å². The van der Waals surface area contributed by atoms with Crippen molar-refractivity contribution in [2.75, 3.05) is 26.4 Å². The molecular formula is C38H40Cl2N4O5S4. The maximum Gasteiger partial charge on any atom is 0.336 e. The van der Waals surface area contributed by atoms with Gasteiger partial charge in [-0.25, -0.2) is 9.48 Å². The third kappa shape index (κ3) is 11.7. The van der Waals surface area contributed by atoms with E-state index in [9.17, 15) is 9.59 Å². The van der Waals surface area contributed by atoms with Crippen molar-refractivity contribution in [3.05, 3.63) is 122 Å². The van der Waals surface area contributed by atoms with Gasteiger partial charge in [-0.2, -0.15) is 32.9 Å². The zero-order chi connectivity index (χ0) is 37.0. The molecule has 0 amide bonds. The van der Waals surface area contributed by atoms with Gasteiger partial charge in [0.25, 0.3) is 5.91 Å². The van der Waals surface area contributed by atoms with E-state index >= 15 is 0 Å². The standard InChI is InChI=1S/C19H19ClN2O2S2.C14H17ClN2OS.C5H4O2S/c20-18-4-3-16(26-18)2-1-15-11-17(13-5-8-24-9-6-13)21-22(15)19(23)14-7-10-25-12-14;15-14-4-3-12(19-14)2-1-11-9-13(17-16-11)10-5-7-18-8-6-10;6-5(7)4-1-2-8-3-4/h3-4,7,10-13H,1-2,5-6,8-9H2;3-4,9-10H,1-2,5-8H2,(H,16,17);1-3H,(H,6,7). The molecule has 2 saturated heterocycles. The largest absolute Gasteiger partial charge is 0.478 e. The summed E-state index contributed by atoms with van der Waals surface area (Å²) >= 11 is 18.1. The van der Waals surface area contributed by atoms with Crippen LogP contribution in [-0.4, -0.2) is 63.4 Å². The molecule has 6 aromatic heterocycles. The molecule has 0 saturated carbocycles. The van der Waals surface area contributed by atoms with Crippen LogP contribution < -0.4 is 0 Å². The average molecular weight is 832 g/mol. The minimum atomic E-state index is -0.855. The molecule has 2 fully saturated rings. The number of carboxylic acid groups (broad SMARTS) is 1. The van der Waals surface area contributed by atoms with Crippen molar-refractivity contribution in [3.8, 4) is 0 Å². The molecule has 0 atom stereocenters. The smallest absolute Gasteiger partial charge is 0.336 e. The maximum absolute atomic E-state index is 12.9. The summed E-state index contributed by atoms with van der Waals surface area (Å²) in [4.78, 5) is 25.5. The Hall–Kier alpha value is -3.14. The van der Waals surface area contributed by atoms with Crippen LogP contribution in [-0.2, 0) is 35.2 Å². The Morgan fingerprint density at radius 2 is 1.32 bits per heavy atom. The number of rotatable bonds is 10. The molecule has 0 bridgehead atoms. The van der Waals surface area contributed by atoms with Crippen LogP contribution in [0.3, 0.4) is 0 Å². The van der Waals surface area contributed by atoms with Gasteiger partial charge in [0.15, 0.2) is 0 Å². The average Bonchev–Trinajstić information content (AvgIpc) is 4.03. The Morgan fingerprint density at radius 1 is 0.755 bits per heavy atom. The number of nitrogens with zero attached hydrogens (tertiary/aromatic N) is 3. The number of carboxylic acids is 1. The first-order chi connectivity index (χ1) is 25.8. The van der Waals surface area contributed by atoms with E-state index in [2.05, 4.69) is 28.4 Å². The van der Waals surface area contributed by atoms with Crippen molar-refractivity contribution in [2.45, 2.75) is 63.2 Å². The number of halogens is 2. The van der Waals surface area contributed by atoms with Gasteiger partial charge in [-0.05, 0) is 111 Å². The Kier molecular flexibility index (Phi) is 14.9. The van der Waals surface area contributed by atoms with Crippen LogP contribution in [0.5, 0.6) is 0 Å². The first kappa shape index (κ1) is 39.6. The molecule has 0 aromatic carbocycles. The van der Waals surface area contributed by atoms with Crippen LogP contribution in [0, 0.1) is 0 Å². The SMILES string of the molecule is Clc1ccc(CCc2cc(C3CCOCC3)n[nH]2)s1.O=C(O)c1ccsc1.O=C(c1ccsc1)n1nc(C2CCOCC2)cc1CCc1ccc(Cl)s1. The molecule has 8 heterocycles. The fourth-order valence-corrected chi connectivity index (χ4v) is 9.51. The second kappa shape index (κ2) is 20.0. The first-order valence-electron chi connectivity index (χ1n) is 17.4. The van der Waals surface area contributed by atoms with Crippen molar-refractivity contribution in [1.29, 1.82) is 0 Å². The zero-order valence-electron chi connectivity index (χ0n) is 28.9. The molecule has 15 heteroatoms. The summed E-state index contributed by atoms with van der Waals surface area (Å²) in [5.74, 6) is 0.0279. The number of aromatic nitrogens is 4. The van der Waals surface area contributed by atoms with E-state index in [0.717, 1.165) is 97.9 Å². The molecule has 2 aliphatic rings. The molecule has 0 spiro atoms. The van der Waals surface area contributed by atoms with Gasteiger partial charge in [-0.3, -0.25) is 9.89 Å². The summed E-state index contributed by atoms with van der Waals surface area (Å²) < 4.78 is 14.1. The van der Waals surface area contributed by atoms with Gasteiger partial charge >= 0.3 is 5.97 Å². The number of aryl methyl sites for hydroxylation is 4. The number of carbonyl (C=O) groups excluding carboxylic acids is 1. The van der Waals surface area contributed by atoms with Crippen molar-refractivity contribution in [1.82, 2.24) is 20.0 Å². The normalized spacial score (nSPS) is 15.0. The lowest BCUT2D eigenvalue weighted by Gasteiger charge is -2.19. The Labute approximate surface area is 334 Å². The molecule has 0 unspecified atom stereocenters. The molecule has 8 rings (SSSR count). The Bertz CT molecular complexity index is 2010. The van der Waals surface area contributed by atoms with Crippen molar-refractivity contribution in [3.63, 3.8) is 0 Å². The second-order valence-corrected chi connectivity index (χ2v) is 17.8. The van der Waals surface area contributed by atoms with E-state index < -0.39 is 5.97 Å². The Balaban J connectivity index is 0.000000155. The highest BCUT2D eigenvalue weighted by Gasteiger charge is 2.23. The number of nitrogens with one attached hydrogen (secondary N) is 1. The van der Waals surface area contributed by atoms with E-state index in [1.807, 2.05) is 35.0 Å². The quantitative estimate of drug-likeness (QED) is 0.141. The van der Waals surface area contributed by atoms with Gasteiger partial charge in [-0.1, -0.05) is 23.2 Å². The summed E-state index contributed by atoms with van der Waals surface area (Å²) in [6.07, 6.45) is 7.74. The summed E-state index contributed by atoms with van der Waals surface area (Å²) in [5, 5.41) is 27.7. The highest BCUT2D eigenvalue weighted by atomic mass is 35.5. The summed E-state index contributed by atoms with van der Waals surface area (Å²) in [6.45, 7) is 3.25. The highest BCUT2D eigenvalue weighted by molar-refractivity contribution is 7.16. The van der Waals surface area contributed by atoms with Gasteiger partial charge in [-0.15, -0.1) is 22.7 Å². The van der Waals surface area contributed by atoms with Crippen LogP contribution in [0.15, 0.2) is 70.1 Å². The van der Waals surface area contributed by atoms with E-state index in [-0.39, 0.29) is 5.91 Å². The number of aromatic amines is 1. The predicted octanol–water partition coefficient (Wildman–Crippen LogP) is 10.3. The molecule has 0 aliphatic carbocycles. The number of thiophene rings is 4. The van der Waals surface area contributed by atoms with E-state index in [4.69, 9.17) is 42.9 Å². The van der Waals surface area contributed by atoms with Gasteiger partial charge in [0.05, 0.1) is 31.2 Å². The third-order valence-electron chi connectivity index (χ3n) is 8.99. The topological polar surface area (TPSA) is 119 Å². The van der Waals surface area contributed by atoms with Crippen molar-refractivity contribution < 1.29 is 24.2 Å². The lowest BCUT2D eigenvalue weighted by atomic mass is 9.96. The number of ether oxygens (including phenoxy) is 2.